The van der Waals surface area contributed by atoms with Crippen molar-refractivity contribution in [3.05, 3.63) is 88.6 Å². The summed E-state index contributed by atoms with van der Waals surface area (Å²) in [6.07, 6.45) is 0.526. The third kappa shape index (κ3) is 6.16. The Morgan fingerprint density at radius 3 is 2.51 bits per heavy atom. The third-order valence-electron chi connectivity index (χ3n) is 7.56. The average molecular weight is 642 g/mol. The van der Waals surface area contributed by atoms with Crippen molar-refractivity contribution < 1.29 is 24.2 Å². The lowest BCUT2D eigenvalue weighted by Crippen LogP contribution is -2.28. The van der Waals surface area contributed by atoms with E-state index in [4.69, 9.17) is 26.1 Å². The highest BCUT2D eigenvalue weighted by Gasteiger charge is 2.32. The molecule has 1 unspecified atom stereocenters. The van der Waals surface area contributed by atoms with Crippen LogP contribution in [-0.2, 0) is 9.53 Å². The molecule has 230 valence electrons. The normalized spacial score (nSPS) is 14.2. The predicted octanol–water partition coefficient (Wildman–Crippen LogP) is 8.06. The topological polar surface area (TPSA) is 102 Å². The van der Waals surface area contributed by atoms with Crippen LogP contribution in [0, 0.1) is 6.92 Å². The number of fused-ring (bicyclic) bond motifs is 2. The second-order valence-corrected chi connectivity index (χ2v) is 13.5. The Bertz CT molecular complexity index is 1950. The van der Waals surface area contributed by atoms with E-state index in [0.717, 1.165) is 43.0 Å². The van der Waals surface area contributed by atoms with Crippen LogP contribution in [0.15, 0.2) is 66.9 Å². The molecule has 0 saturated carbocycles. The lowest BCUT2D eigenvalue weighted by atomic mass is 9.91. The molecule has 0 radical (unpaired) electrons. The number of aromatic nitrogens is 2. The van der Waals surface area contributed by atoms with E-state index in [0.29, 0.717) is 40.7 Å². The number of nitrogens with zero attached hydrogens (tertiary/aromatic N) is 3. The van der Waals surface area contributed by atoms with Crippen LogP contribution in [0.3, 0.4) is 0 Å². The molecule has 8 nitrogen and oxygen atoms in total. The average Bonchev–Trinajstić information content (AvgIpc) is 3.36. The first-order valence-electron chi connectivity index (χ1n) is 14.5. The molecule has 1 aliphatic heterocycles. The number of thiazole rings is 1. The molecule has 1 aliphatic rings. The zero-order chi connectivity index (χ0) is 32.0. The number of rotatable bonds is 6. The number of hydrogen-bond donors (Lipinski definition) is 1. The quantitative estimate of drug-likeness (QED) is 0.200. The van der Waals surface area contributed by atoms with Gasteiger partial charge in [-0.25, -0.2) is 9.78 Å². The molecule has 0 saturated heterocycles. The molecule has 0 spiro atoms. The second-order valence-electron chi connectivity index (χ2n) is 12.0. The van der Waals surface area contributed by atoms with Crippen LogP contribution in [0.25, 0.3) is 43.2 Å². The summed E-state index contributed by atoms with van der Waals surface area (Å²) in [5.41, 5.74) is 5.78. The van der Waals surface area contributed by atoms with Gasteiger partial charge in [0.05, 0.1) is 33.6 Å². The van der Waals surface area contributed by atoms with E-state index < -0.39 is 17.7 Å². The maximum Gasteiger partial charge on any atom is 0.337 e. The molecule has 0 bridgehead atoms. The van der Waals surface area contributed by atoms with Crippen molar-refractivity contribution in [2.75, 3.05) is 20.2 Å². The van der Waals surface area contributed by atoms with Crippen molar-refractivity contribution in [2.24, 2.45) is 0 Å². The number of halogens is 1. The molecular formula is C35H32ClN3O5S. The summed E-state index contributed by atoms with van der Waals surface area (Å²) in [5, 5.41) is 11.7. The summed E-state index contributed by atoms with van der Waals surface area (Å²) in [6.45, 7) is 8.37. The Labute approximate surface area is 270 Å². The number of carbonyl (C=O) groups is 2. The Balaban J connectivity index is 1.50. The number of pyridine rings is 1. The van der Waals surface area contributed by atoms with Gasteiger partial charge in [-0.1, -0.05) is 23.7 Å². The summed E-state index contributed by atoms with van der Waals surface area (Å²) in [5.74, 6) is -0.601. The van der Waals surface area contributed by atoms with Crippen LogP contribution >= 0.6 is 22.9 Å². The van der Waals surface area contributed by atoms with E-state index in [-0.39, 0.29) is 5.91 Å². The number of ether oxygens (including phenoxy) is 2. The fourth-order valence-corrected chi connectivity index (χ4v) is 6.71. The smallest absolute Gasteiger partial charge is 0.337 e. The summed E-state index contributed by atoms with van der Waals surface area (Å²) in [6, 6.07) is 18.7. The van der Waals surface area contributed by atoms with Crippen molar-refractivity contribution in [3.63, 3.8) is 0 Å². The number of carbonyl (C=O) groups excluding carboxylic acids is 1. The molecule has 3 aromatic carbocycles. The van der Waals surface area contributed by atoms with Gasteiger partial charge in [0, 0.05) is 40.5 Å². The van der Waals surface area contributed by atoms with Gasteiger partial charge in [-0.3, -0.25) is 9.78 Å². The van der Waals surface area contributed by atoms with Crippen molar-refractivity contribution in [3.8, 4) is 38.7 Å². The van der Waals surface area contributed by atoms with E-state index >= 15 is 0 Å². The van der Waals surface area contributed by atoms with E-state index in [1.54, 1.807) is 30.3 Å². The lowest BCUT2D eigenvalue weighted by molar-refractivity contribution is -0.160. The van der Waals surface area contributed by atoms with Gasteiger partial charge in [-0.15, -0.1) is 11.3 Å². The molecule has 1 atom stereocenters. The number of aliphatic carboxylic acids is 1. The number of benzene rings is 3. The molecular weight excluding hydrogens is 610 g/mol. The van der Waals surface area contributed by atoms with E-state index in [9.17, 15) is 14.7 Å². The van der Waals surface area contributed by atoms with Gasteiger partial charge in [-0.05, 0) is 87.4 Å². The minimum atomic E-state index is -1.20. The van der Waals surface area contributed by atoms with Crippen molar-refractivity contribution in [1.29, 1.82) is 0 Å². The minimum Gasteiger partial charge on any atom is -0.491 e. The molecule has 0 fully saturated rings. The van der Waals surface area contributed by atoms with Gasteiger partial charge in [0.25, 0.3) is 5.91 Å². The molecule has 10 heteroatoms. The minimum absolute atomic E-state index is 0.0947. The zero-order valence-corrected chi connectivity index (χ0v) is 27.1. The predicted molar refractivity (Wildman–Crippen MR) is 177 cm³/mol. The molecule has 6 rings (SSSR count). The van der Waals surface area contributed by atoms with E-state index in [2.05, 4.69) is 4.98 Å². The molecule has 1 N–H and O–H groups in total. The Kier molecular flexibility index (Phi) is 8.11. The van der Waals surface area contributed by atoms with Gasteiger partial charge < -0.3 is 19.5 Å². The number of aryl methyl sites for hydroxylation is 1. The first kappa shape index (κ1) is 30.7. The first-order chi connectivity index (χ1) is 21.4. The van der Waals surface area contributed by atoms with E-state index in [1.807, 2.05) is 76.2 Å². The largest absolute Gasteiger partial charge is 0.491 e. The van der Waals surface area contributed by atoms with Crippen molar-refractivity contribution in [2.45, 2.75) is 39.4 Å². The Morgan fingerprint density at radius 2 is 1.80 bits per heavy atom. The number of carboxylic acid groups (broad SMARTS) is 1. The van der Waals surface area contributed by atoms with Crippen LogP contribution in [0.4, 0.5) is 0 Å². The summed E-state index contributed by atoms with van der Waals surface area (Å²) < 4.78 is 12.8. The monoisotopic (exact) mass is 641 g/mol. The van der Waals surface area contributed by atoms with Crippen molar-refractivity contribution >= 4 is 45.0 Å². The van der Waals surface area contributed by atoms with Gasteiger partial charge >= 0.3 is 5.97 Å². The van der Waals surface area contributed by atoms with Crippen LogP contribution in [0.1, 0.15) is 48.4 Å². The van der Waals surface area contributed by atoms with Crippen LogP contribution in [0.5, 0.6) is 5.75 Å². The van der Waals surface area contributed by atoms with Crippen LogP contribution in [-0.4, -0.2) is 57.7 Å². The highest BCUT2D eigenvalue weighted by atomic mass is 35.5. The van der Waals surface area contributed by atoms with Crippen LogP contribution < -0.4 is 4.74 Å². The van der Waals surface area contributed by atoms with Crippen molar-refractivity contribution in [1.82, 2.24) is 14.9 Å². The third-order valence-corrected chi connectivity index (χ3v) is 8.95. The first-order valence-corrected chi connectivity index (χ1v) is 15.7. The molecule has 5 aromatic rings. The maximum absolute atomic E-state index is 13.0. The highest BCUT2D eigenvalue weighted by Crippen LogP contribution is 2.44. The van der Waals surface area contributed by atoms with Gasteiger partial charge in [0.2, 0.25) is 0 Å². The molecule has 3 heterocycles. The fraction of sp³-hybridized carbons (Fsp3) is 0.257. The second kappa shape index (κ2) is 11.9. The number of hydrogen-bond acceptors (Lipinski definition) is 7. The molecule has 1 amide bonds. The number of likely N-dealkylation sites (N-methyl/N-ethyl adjacent to an activating group) is 1. The fourth-order valence-electron chi connectivity index (χ4n) is 5.47. The summed E-state index contributed by atoms with van der Waals surface area (Å²) in [7, 11) is 1.76. The van der Waals surface area contributed by atoms with Gasteiger partial charge in [0.1, 0.15) is 17.4 Å². The molecule has 45 heavy (non-hydrogen) atoms. The molecule has 0 aliphatic carbocycles. The highest BCUT2D eigenvalue weighted by molar-refractivity contribution is 7.22. The van der Waals surface area contributed by atoms with Gasteiger partial charge in [0.15, 0.2) is 6.10 Å². The SMILES string of the molecule is Cc1cc2nc(-c3ccnc(-c4ccc5c(c4)C(=O)N(C)CCO5)c3)sc2c(-c2ccc(Cl)cc2)c1C(OC(C)(C)C)C(=O)O. The number of carboxylic acids is 1. The Morgan fingerprint density at radius 1 is 1.07 bits per heavy atom. The Hall–Kier alpha value is -4.31. The summed E-state index contributed by atoms with van der Waals surface area (Å²) >= 11 is 7.71. The maximum atomic E-state index is 13.0. The lowest BCUT2D eigenvalue weighted by Gasteiger charge is -2.28. The van der Waals surface area contributed by atoms with Gasteiger partial charge in [-0.2, -0.15) is 0 Å². The zero-order valence-electron chi connectivity index (χ0n) is 25.6. The summed E-state index contributed by atoms with van der Waals surface area (Å²) in [4.78, 5) is 36.9. The van der Waals surface area contributed by atoms with Crippen LogP contribution in [0.2, 0.25) is 5.02 Å². The number of amides is 1. The standard InChI is InChI=1S/C35H32ClN3O5S/c1-19-16-26-31(29(20-6-9-23(36)10-7-20)28(19)30(34(41)42)44-35(2,3)4)45-32(38-26)22-12-13-37-25(18-22)21-8-11-27-24(17-21)33(40)39(5)14-15-43-27/h6-13,16-18,30H,14-15H2,1-5H3,(H,41,42). The van der Waals surface area contributed by atoms with E-state index in [1.165, 1.54) is 11.3 Å². The molecule has 2 aromatic heterocycles.